The van der Waals surface area contributed by atoms with Gasteiger partial charge in [-0.2, -0.15) is 0 Å². The molecule has 0 aliphatic rings. The van der Waals surface area contributed by atoms with Gasteiger partial charge in [0.1, 0.15) is 0 Å². The minimum absolute atomic E-state index is 0.339. The Labute approximate surface area is 160 Å². The maximum Gasteiger partial charge on any atom is 0.323 e. The number of carbonyl (C=O) groups is 1. The topological polar surface area (TPSA) is 41.1 Å². The van der Waals surface area contributed by atoms with Gasteiger partial charge < -0.3 is 10.6 Å². The van der Waals surface area contributed by atoms with Crippen LogP contribution in [0.3, 0.4) is 0 Å². The quantitative estimate of drug-likeness (QED) is 0.498. The van der Waals surface area contributed by atoms with Crippen molar-refractivity contribution in [2.75, 3.05) is 10.6 Å². The SMILES string of the molecule is O=C(Nc1ccc(Cl)cc1)Nc1cccc(-c2ccc(Cl)c(Cl)c2)c1. The van der Waals surface area contributed by atoms with E-state index >= 15 is 0 Å². The first kappa shape index (κ1) is 17.6. The summed E-state index contributed by atoms with van der Waals surface area (Å²) in [5.74, 6) is 0. The number of rotatable bonds is 3. The number of hydrogen-bond acceptors (Lipinski definition) is 1. The molecule has 3 aromatic carbocycles. The summed E-state index contributed by atoms with van der Waals surface area (Å²) in [4.78, 5) is 12.1. The fraction of sp³-hybridized carbons (Fsp3) is 0. The predicted molar refractivity (Wildman–Crippen MR) is 106 cm³/mol. The zero-order valence-electron chi connectivity index (χ0n) is 12.9. The molecule has 0 fully saturated rings. The zero-order valence-corrected chi connectivity index (χ0v) is 15.2. The van der Waals surface area contributed by atoms with Crippen molar-refractivity contribution in [2.24, 2.45) is 0 Å². The molecule has 0 atom stereocenters. The van der Waals surface area contributed by atoms with E-state index < -0.39 is 0 Å². The highest BCUT2D eigenvalue weighted by Gasteiger charge is 2.06. The lowest BCUT2D eigenvalue weighted by Gasteiger charge is -2.10. The Bertz CT molecular complexity index is 911. The number of benzene rings is 3. The third kappa shape index (κ3) is 4.67. The van der Waals surface area contributed by atoms with Crippen LogP contribution < -0.4 is 10.6 Å². The molecule has 0 saturated carbocycles. The van der Waals surface area contributed by atoms with Crippen molar-refractivity contribution in [3.8, 4) is 11.1 Å². The van der Waals surface area contributed by atoms with E-state index in [9.17, 15) is 4.79 Å². The van der Waals surface area contributed by atoms with E-state index in [0.29, 0.717) is 26.4 Å². The smallest absolute Gasteiger partial charge is 0.308 e. The molecule has 3 nitrogen and oxygen atoms in total. The summed E-state index contributed by atoms with van der Waals surface area (Å²) in [6.45, 7) is 0. The molecule has 2 amide bonds. The largest absolute Gasteiger partial charge is 0.323 e. The van der Waals surface area contributed by atoms with Crippen LogP contribution in [0, 0.1) is 0 Å². The first-order chi connectivity index (χ1) is 12.0. The summed E-state index contributed by atoms with van der Waals surface area (Å²) in [6, 6.07) is 19.4. The molecule has 0 spiro atoms. The van der Waals surface area contributed by atoms with E-state index in [2.05, 4.69) is 10.6 Å². The van der Waals surface area contributed by atoms with Crippen molar-refractivity contribution in [3.05, 3.63) is 81.8 Å². The van der Waals surface area contributed by atoms with Gasteiger partial charge in [-0.3, -0.25) is 0 Å². The van der Waals surface area contributed by atoms with Gasteiger partial charge in [-0.25, -0.2) is 4.79 Å². The summed E-state index contributed by atoms with van der Waals surface area (Å²) < 4.78 is 0. The lowest BCUT2D eigenvalue weighted by molar-refractivity contribution is 0.262. The summed E-state index contributed by atoms with van der Waals surface area (Å²) in [7, 11) is 0. The minimum Gasteiger partial charge on any atom is -0.308 e. The van der Waals surface area contributed by atoms with Crippen molar-refractivity contribution in [2.45, 2.75) is 0 Å². The zero-order chi connectivity index (χ0) is 17.8. The predicted octanol–water partition coefficient (Wildman–Crippen LogP) is 6.96. The molecule has 0 heterocycles. The third-order valence-electron chi connectivity index (χ3n) is 3.48. The fourth-order valence-electron chi connectivity index (χ4n) is 2.28. The van der Waals surface area contributed by atoms with Gasteiger partial charge in [-0.05, 0) is 59.7 Å². The van der Waals surface area contributed by atoms with Crippen molar-refractivity contribution < 1.29 is 4.79 Å². The lowest BCUT2D eigenvalue weighted by atomic mass is 10.1. The molecule has 0 aliphatic carbocycles. The molecule has 25 heavy (non-hydrogen) atoms. The van der Waals surface area contributed by atoms with Crippen LogP contribution in [0.15, 0.2) is 66.7 Å². The van der Waals surface area contributed by atoms with Crippen molar-refractivity contribution in [3.63, 3.8) is 0 Å². The van der Waals surface area contributed by atoms with E-state index in [1.54, 1.807) is 36.4 Å². The lowest BCUT2D eigenvalue weighted by Crippen LogP contribution is -2.19. The van der Waals surface area contributed by atoms with Gasteiger partial charge >= 0.3 is 6.03 Å². The second-order valence-electron chi connectivity index (χ2n) is 5.30. The van der Waals surface area contributed by atoms with E-state index in [0.717, 1.165) is 11.1 Å². The Balaban J connectivity index is 1.73. The highest BCUT2D eigenvalue weighted by Crippen LogP contribution is 2.29. The van der Waals surface area contributed by atoms with Gasteiger partial charge in [0.2, 0.25) is 0 Å². The molecule has 126 valence electrons. The molecule has 0 aliphatic heterocycles. The number of anilines is 2. The molecule has 3 rings (SSSR count). The molecule has 0 aromatic heterocycles. The van der Waals surface area contributed by atoms with Gasteiger partial charge in [-0.15, -0.1) is 0 Å². The number of urea groups is 1. The number of halogens is 3. The van der Waals surface area contributed by atoms with Crippen LogP contribution in [0.5, 0.6) is 0 Å². The third-order valence-corrected chi connectivity index (χ3v) is 4.47. The van der Waals surface area contributed by atoms with Crippen molar-refractivity contribution in [1.82, 2.24) is 0 Å². The molecular formula is C19H13Cl3N2O. The molecule has 6 heteroatoms. The maximum absolute atomic E-state index is 12.1. The van der Waals surface area contributed by atoms with Crippen LogP contribution in [0.1, 0.15) is 0 Å². The van der Waals surface area contributed by atoms with E-state index in [1.165, 1.54) is 0 Å². The monoisotopic (exact) mass is 390 g/mol. The Morgan fingerprint density at radius 1 is 0.680 bits per heavy atom. The fourth-order valence-corrected chi connectivity index (χ4v) is 2.70. The molecule has 3 aromatic rings. The Hall–Kier alpha value is -2.20. The first-order valence-corrected chi connectivity index (χ1v) is 8.54. The standard InChI is InChI=1S/C19H13Cl3N2O/c20-14-5-7-15(8-6-14)23-19(25)24-16-3-1-2-12(10-16)13-4-9-17(21)18(22)11-13/h1-11H,(H2,23,24,25). The van der Waals surface area contributed by atoms with Crippen LogP contribution in [0.25, 0.3) is 11.1 Å². The summed E-state index contributed by atoms with van der Waals surface area (Å²) in [5, 5.41) is 7.14. The molecule has 0 radical (unpaired) electrons. The van der Waals surface area contributed by atoms with Crippen LogP contribution in [0.4, 0.5) is 16.2 Å². The first-order valence-electron chi connectivity index (χ1n) is 7.40. The number of carbonyl (C=O) groups excluding carboxylic acids is 1. The summed E-state index contributed by atoms with van der Waals surface area (Å²) in [5.41, 5.74) is 3.15. The highest BCUT2D eigenvalue weighted by molar-refractivity contribution is 6.42. The van der Waals surface area contributed by atoms with E-state index in [1.807, 2.05) is 30.3 Å². The second-order valence-corrected chi connectivity index (χ2v) is 6.55. The number of nitrogens with one attached hydrogen (secondary N) is 2. The van der Waals surface area contributed by atoms with Crippen LogP contribution in [0.2, 0.25) is 15.1 Å². The van der Waals surface area contributed by atoms with Crippen LogP contribution in [-0.4, -0.2) is 6.03 Å². The summed E-state index contributed by atoms with van der Waals surface area (Å²) in [6.07, 6.45) is 0. The molecule has 0 unspecified atom stereocenters. The van der Waals surface area contributed by atoms with E-state index in [4.69, 9.17) is 34.8 Å². The molecule has 0 saturated heterocycles. The average Bonchev–Trinajstić information content (AvgIpc) is 2.59. The van der Waals surface area contributed by atoms with E-state index in [-0.39, 0.29) is 6.03 Å². The highest BCUT2D eigenvalue weighted by atomic mass is 35.5. The molecule has 2 N–H and O–H groups in total. The minimum atomic E-state index is -0.339. The Kier molecular flexibility index (Phi) is 5.49. The average molecular weight is 392 g/mol. The Morgan fingerprint density at radius 2 is 1.36 bits per heavy atom. The van der Waals surface area contributed by atoms with Gasteiger partial charge in [-0.1, -0.05) is 53.0 Å². The molecular weight excluding hydrogens is 379 g/mol. The number of amides is 2. The van der Waals surface area contributed by atoms with Gasteiger partial charge in [0.15, 0.2) is 0 Å². The van der Waals surface area contributed by atoms with Crippen LogP contribution in [-0.2, 0) is 0 Å². The summed E-state index contributed by atoms with van der Waals surface area (Å²) >= 11 is 17.8. The van der Waals surface area contributed by atoms with Crippen molar-refractivity contribution in [1.29, 1.82) is 0 Å². The Morgan fingerprint density at radius 3 is 2.08 bits per heavy atom. The molecule has 0 bridgehead atoms. The second kappa shape index (κ2) is 7.79. The van der Waals surface area contributed by atoms with Gasteiger partial charge in [0.25, 0.3) is 0 Å². The van der Waals surface area contributed by atoms with Gasteiger partial charge in [0, 0.05) is 16.4 Å². The normalized spacial score (nSPS) is 10.4. The van der Waals surface area contributed by atoms with Crippen LogP contribution >= 0.6 is 34.8 Å². The number of hydrogen-bond donors (Lipinski definition) is 2. The van der Waals surface area contributed by atoms with Gasteiger partial charge in [0.05, 0.1) is 10.0 Å². The van der Waals surface area contributed by atoms with Crippen molar-refractivity contribution >= 4 is 52.2 Å². The maximum atomic E-state index is 12.1.